The van der Waals surface area contributed by atoms with Crippen LogP contribution >= 0.6 is 23.4 Å². The van der Waals surface area contributed by atoms with Crippen molar-refractivity contribution in [3.05, 3.63) is 53.1 Å². The molecule has 1 N–H and O–H groups in total. The summed E-state index contributed by atoms with van der Waals surface area (Å²) in [6.45, 7) is 2.06. The molecule has 6 nitrogen and oxygen atoms in total. The van der Waals surface area contributed by atoms with E-state index in [0.717, 1.165) is 0 Å². The van der Waals surface area contributed by atoms with Gasteiger partial charge in [0.05, 0.1) is 17.9 Å². The van der Waals surface area contributed by atoms with Gasteiger partial charge in [-0.05, 0) is 43.3 Å². The van der Waals surface area contributed by atoms with E-state index in [0.29, 0.717) is 39.2 Å². The van der Waals surface area contributed by atoms with E-state index in [2.05, 4.69) is 10.3 Å². The minimum Gasteiger partial charge on any atom is -0.462 e. The molecular formula is C18H15ClN2O4S. The predicted molar refractivity (Wildman–Crippen MR) is 101 cm³/mol. The average molecular weight is 391 g/mol. The number of halogens is 1. The summed E-state index contributed by atoms with van der Waals surface area (Å²) in [5, 5.41) is 3.71. The first kappa shape index (κ1) is 18.3. The van der Waals surface area contributed by atoms with Crippen LogP contribution in [0.4, 0.5) is 5.69 Å². The minimum atomic E-state index is -0.392. The number of carbonyl (C=O) groups is 2. The van der Waals surface area contributed by atoms with Crippen LogP contribution in [0.1, 0.15) is 17.3 Å². The molecule has 26 heavy (non-hydrogen) atoms. The van der Waals surface area contributed by atoms with Crippen molar-refractivity contribution in [3.63, 3.8) is 0 Å². The largest absolute Gasteiger partial charge is 0.462 e. The lowest BCUT2D eigenvalue weighted by molar-refractivity contribution is -0.113. The highest BCUT2D eigenvalue weighted by Crippen LogP contribution is 2.25. The lowest BCUT2D eigenvalue weighted by Crippen LogP contribution is -2.14. The number of fused-ring (bicyclic) bond motifs is 1. The maximum atomic E-state index is 12.1. The molecule has 0 radical (unpaired) electrons. The number of rotatable bonds is 6. The van der Waals surface area contributed by atoms with Crippen molar-refractivity contribution >= 4 is 52.0 Å². The van der Waals surface area contributed by atoms with Crippen LogP contribution in [-0.2, 0) is 9.53 Å². The number of nitrogens with one attached hydrogen (secondary N) is 1. The number of ether oxygens (including phenoxy) is 1. The van der Waals surface area contributed by atoms with Crippen LogP contribution < -0.4 is 5.32 Å². The highest BCUT2D eigenvalue weighted by molar-refractivity contribution is 7.99. The van der Waals surface area contributed by atoms with Gasteiger partial charge in [-0.3, -0.25) is 4.79 Å². The summed E-state index contributed by atoms with van der Waals surface area (Å²) in [7, 11) is 0. The summed E-state index contributed by atoms with van der Waals surface area (Å²) >= 11 is 7.09. The molecule has 0 spiro atoms. The zero-order valence-electron chi connectivity index (χ0n) is 13.8. The number of thioether (sulfide) groups is 1. The third-order valence-corrected chi connectivity index (χ3v) is 4.40. The van der Waals surface area contributed by atoms with Gasteiger partial charge in [0, 0.05) is 16.8 Å². The molecular weight excluding hydrogens is 376 g/mol. The molecule has 0 bridgehead atoms. The number of aromatic nitrogens is 1. The fraction of sp³-hybridized carbons (Fsp3) is 0.167. The Labute approximate surface area is 158 Å². The highest BCUT2D eigenvalue weighted by Gasteiger charge is 2.11. The Balaban J connectivity index is 1.55. The van der Waals surface area contributed by atoms with Gasteiger partial charge < -0.3 is 14.5 Å². The standard InChI is InChI=1S/C18H15ClN2O4S/c1-2-24-17(23)11-3-6-13(7-4-11)20-16(22)10-26-18-21-14-8-5-12(19)9-15(14)25-18/h3-9H,2,10H2,1H3,(H,20,22). The minimum absolute atomic E-state index is 0.139. The Morgan fingerprint density at radius 3 is 2.73 bits per heavy atom. The third-order valence-electron chi connectivity index (χ3n) is 3.34. The number of oxazole rings is 1. The maximum Gasteiger partial charge on any atom is 0.338 e. The van der Waals surface area contributed by atoms with E-state index in [1.807, 2.05) is 0 Å². The second-order valence-electron chi connectivity index (χ2n) is 5.23. The lowest BCUT2D eigenvalue weighted by Gasteiger charge is -2.05. The predicted octanol–water partition coefficient (Wildman–Crippen LogP) is 4.39. The SMILES string of the molecule is CCOC(=O)c1ccc(NC(=O)CSc2nc3ccc(Cl)cc3o2)cc1. The Morgan fingerprint density at radius 2 is 2.00 bits per heavy atom. The molecule has 0 aliphatic heterocycles. The van der Waals surface area contributed by atoms with Crippen molar-refractivity contribution in [2.45, 2.75) is 12.1 Å². The number of esters is 1. The molecule has 0 saturated heterocycles. The Morgan fingerprint density at radius 1 is 1.23 bits per heavy atom. The van der Waals surface area contributed by atoms with Crippen LogP contribution in [0.3, 0.4) is 0 Å². The quantitative estimate of drug-likeness (QED) is 0.496. The first-order valence-corrected chi connectivity index (χ1v) is 9.17. The average Bonchev–Trinajstić information content (AvgIpc) is 3.03. The molecule has 134 valence electrons. The third kappa shape index (κ3) is 4.56. The van der Waals surface area contributed by atoms with Crippen LogP contribution in [0.25, 0.3) is 11.1 Å². The highest BCUT2D eigenvalue weighted by atomic mass is 35.5. The molecule has 0 aliphatic rings. The van der Waals surface area contributed by atoms with Gasteiger partial charge in [-0.1, -0.05) is 23.4 Å². The second-order valence-corrected chi connectivity index (χ2v) is 6.59. The number of amides is 1. The molecule has 2 aromatic carbocycles. The summed E-state index contributed by atoms with van der Waals surface area (Å²) in [6.07, 6.45) is 0. The molecule has 0 aliphatic carbocycles. The van der Waals surface area contributed by atoms with Crippen molar-refractivity contribution in [1.82, 2.24) is 4.98 Å². The summed E-state index contributed by atoms with van der Waals surface area (Å²) in [4.78, 5) is 27.9. The molecule has 1 amide bonds. The summed E-state index contributed by atoms with van der Waals surface area (Å²) in [5.74, 6) is -0.462. The van der Waals surface area contributed by atoms with Crippen molar-refractivity contribution in [2.75, 3.05) is 17.7 Å². The summed E-state index contributed by atoms with van der Waals surface area (Å²) in [5.41, 5.74) is 2.29. The molecule has 0 unspecified atom stereocenters. The van der Waals surface area contributed by atoms with Crippen molar-refractivity contribution < 1.29 is 18.7 Å². The van der Waals surface area contributed by atoms with Gasteiger partial charge >= 0.3 is 5.97 Å². The Kier molecular flexibility index (Phi) is 5.80. The van der Waals surface area contributed by atoms with Crippen LogP contribution in [0, 0.1) is 0 Å². The molecule has 3 aromatic rings. The topological polar surface area (TPSA) is 81.4 Å². The van der Waals surface area contributed by atoms with Gasteiger partial charge in [-0.25, -0.2) is 9.78 Å². The van der Waals surface area contributed by atoms with Gasteiger partial charge in [-0.2, -0.15) is 0 Å². The van der Waals surface area contributed by atoms with Gasteiger partial charge in [0.25, 0.3) is 5.22 Å². The van der Waals surface area contributed by atoms with Crippen molar-refractivity contribution in [1.29, 1.82) is 0 Å². The monoisotopic (exact) mass is 390 g/mol. The fourth-order valence-corrected chi connectivity index (χ4v) is 2.97. The van der Waals surface area contributed by atoms with E-state index in [4.69, 9.17) is 20.8 Å². The van der Waals surface area contributed by atoms with E-state index >= 15 is 0 Å². The van der Waals surface area contributed by atoms with Crippen molar-refractivity contribution in [3.8, 4) is 0 Å². The number of hydrogen-bond donors (Lipinski definition) is 1. The summed E-state index contributed by atoms with van der Waals surface area (Å²) < 4.78 is 10.5. The molecule has 0 fully saturated rings. The number of nitrogens with zero attached hydrogens (tertiary/aromatic N) is 1. The van der Waals surface area contributed by atoms with E-state index in [1.165, 1.54) is 11.8 Å². The van der Waals surface area contributed by atoms with Crippen LogP contribution in [0.5, 0.6) is 0 Å². The second kappa shape index (κ2) is 8.25. The lowest BCUT2D eigenvalue weighted by atomic mass is 10.2. The van der Waals surface area contributed by atoms with Crippen LogP contribution in [0.2, 0.25) is 5.02 Å². The van der Waals surface area contributed by atoms with E-state index < -0.39 is 5.97 Å². The molecule has 0 atom stereocenters. The van der Waals surface area contributed by atoms with Gasteiger partial charge in [-0.15, -0.1) is 0 Å². The maximum absolute atomic E-state index is 12.1. The fourth-order valence-electron chi connectivity index (χ4n) is 2.17. The van der Waals surface area contributed by atoms with E-state index in [-0.39, 0.29) is 11.7 Å². The van der Waals surface area contributed by atoms with Crippen LogP contribution in [-0.4, -0.2) is 29.2 Å². The Bertz CT molecular complexity index is 940. The zero-order chi connectivity index (χ0) is 18.5. The first-order valence-electron chi connectivity index (χ1n) is 7.81. The van der Waals surface area contributed by atoms with E-state index in [1.54, 1.807) is 49.4 Å². The van der Waals surface area contributed by atoms with Gasteiger partial charge in [0.1, 0.15) is 5.52 Å². The molecule has 8 heteroatoms. The smallest absolute Gasteiger partial charge is 0.338 e. The van der Waals surface area contributed by atoms with Crippen molar-refractivity contribution in [2.24, 2.45) is 0 Å². The number of anilines is 1. The Hall–Kier alpha value is -2.51. The number of hydrogen-bond acceptors (Lipinski definition) is 6. The number of carbonyl (C=O) groups excluding carboxylic acids is 2. The molecule has 3 rings (SSSR count). The van der Waals surface area contributed by atoms with Crippen LogP contribution in [0.15, 0.2) is 52.1 Å². The first-order chi connectivity index (χ1) is 12.5. The van der Waals surface area contributed by atoms with Gasteiger partial charge in [0.15, 0.2) is 5.58 Å². The van der Waals surface area contributed by atoms with Gasteiger partial charge in [0.2, 0.25) is 5.91 Å². The zero-order valence-corrected chi connectivity index (χ0v) is 15.4. The molecule has 1 heterocycles. The molecule has 0 saturated carbocycles. The summed E-state index contributed by atoms with van der Waals surface area (Å²) in [6, 6.07) is 11.7. The van der Waals surface area contributed by atoms with E-state index in [9.17, 15) is 9.59 Å². The molecule has 1 aromatic heterocycles. The normalized spacial score (nSPS) is 10.7. The number of benzene rings is 2.